The van der Waals surface area contributed by atoms with Crippen LogP contribution in [-0.4, -0.2) is 23.5 Å². The van der Waals surface area contributed by atoms with Crippen molar-refractivity contribution in [3.05, 3.63) is 108 Å². The zero-order valence-corrected chi connectivity index (χ0v) is 20.7. The summed E-state index contributed by atoms with van der Waals surface area (Å²) in [5.74, 6) is -0.359. The van der Waals surface area contributed by atoms with Crippen molar-refractivity contribution in [1.29, 1.82) is 0 Å². The summed E-state index contributed by atoms with van der Waals surface area (Å²) >= 11 is 1.63. The van der Waals surface area contributed by atoms with E-state index in [1.807, 2.05) is 78.9 Å². The molecule has 0 atom stereocenters. The van der Waals surface area contributed by atoms with E-state index in [1.165, 1.54) is 5.56 Å². The van der Waals surface area contributed by atoms with Gasteiger partial charge in [0.2, 0.25) is 0 Å². The lowest BCUT2D eigenvalue weighted by Gasteiger charge is -2.26. The maximum atomic E-state index is 13.1. The highest BCUT2D eigenvalue weighted by Crippen LogP contribution is 2.44. The van der Waals surface area contributed by atoms with Crippen LogP contribution in [-0.2, 0) is 14.3 Å². The number of para-hydroxylation sites is 2. The second-order valence-electron chi connectivity index (χ2n) is 8.83. The largest absolute Gasteiger partial charge is 0.457 e. The fourth-order valence-corrected chi connectivity index (χ4v) is 5.50. The summed E-state index contributed by atoms with van der Waals surface area (Å²) in [5, 5.41) is 3.71. The van der Waals surface area contributed by atoms with Crippen molar-refractivity contribution in [2.24, 2.45) is 0 Å². The molecule has 182 valence electrons. The van der Waals surface area contributed by atoms with E-state index in [4.69, 9.17) is 14.5 Å². The molecular weight excluding hydrogens is 484 g/mol. The second kappa shape index (κ2) is 9.52. The minimum absolute atomic E-state index is 0.389. The first-order chi connectivity index (χ1) is 18.0. The highest BCUT2D eigenvalue weighted by Gasteiger charge is 2.33. The Kier molecular flexibility index (Phi) is 5.90. The molecule has 0 spiro atoms. The number of esters is 1. The Hall–Kier alpha value is -4.49. The number of fused-ring (bicyclic) bond motifs is 3. The number of nitrogens with zero attached hydrogens (tertiary/aromatic N) is 1. The van der Waals surface area contributed by atoms with Crippen molar-refractivity contribution in [2.45, 2.75) is 12.8 Å². The third kappa shape index (κ3) is 4.57. The third-order valence-electron chi connectivity index (χ3n) is 6.22. The van der Waals surface area contributed by atoms with Crippen LogP contribution in [0.1, 0.15) is 22.6 Å². The second-order valence-corrected chi connectivity index (χ2v) is 9.86. The summed E-state index contributed by atoms with van der Waals surface area (Å²) < 4.78 is 12.5. The van der Waals surface area contributed by atoms with Gasteiger partial charge in [-0.25, -0.2) is 4.98 Å². The van der Waals surface area contributed by atoms with Gasteiger partial charge in [-0.3, -0.25) is 9.59 Å². The molecule has 5 aromatic rings. The molecule has 6 rings (SSSR count). The van der Waals surface area contributed by atoms with E-state index < -0.39 is 17.8 Å². The molecule has 0 unspecified atom stereocenters. The van der Waals surface area contributed by atoms with Crippen LogP contribution < -0.4 is 10.1 Å². The first kappa shape index (κ1) is 22.9. The Balaban J connectivity index is 1.12. The minimum atomic E-state index is -0.661. The Morgan fingerprint density at radius 1 is 0.919 bits per heavy atom. The van der Waals surface area contributed by atoms with Gasteiger partial charge in [-0.1, -0.05) is 42.5 Å². The number of carbonyl (C=O) groups is 2. The topological polar surface area (TPSA) is 77.5 Å². The molecule has 1 aliphatic heterocycles. The first-order valence-electron chi connectivity index (χ1n) is 11.8. The van der Waals surface area contributed by atoms with Crippen molar-refractivity contribution in [3.8, 4) is 22.1 Å². The van der Waals surface area contributed by atoms with E-state index in [0.717, 1.165) is 20.8 Å². The molecule has 0 saturated heterocycles. The molecule has 0 fully saturated rings. The molecular formula is C30H22N2O4S. The Labute approximate surface area is 217 Å². The van der Waals surface area contributed by atoms with E-state index in [0.29, 0.717) is 28.3 Å². The maximum absolute atomic E-state index is 13.1. The zero-order valence-electron chi connectivity index (χ0n) is 19.9. The molecule has 0 bridgehead atoms. The van der Waals surface area contributed by atoms with Gasteiger partial charge < -0.3 is 14.8 Å². The number of nitrogens with one attached hydrogen (secondary N) is 1. The maximum Gasteiger partial charge on any atom is 0.318 e. The van der Waals surface area contributed by atoms with Crippen molar-refractivity contribution in [2.75, 3.05) is 11.9 Å². The number of hydrogen-bond donors (Lipinski definition) is 1. The van der Waals surface area contributed by atoms with Crippen molar-refractivity contribution in [1.82, 2.24) is 4.98 Å². The van der Waals surface area contributed by atoms with E-state index >= 15 is 0 Å². The van der Waals surface area contributed by atoms with Crippen LogP contribution in [0.2, 0.25) is 0 Å². The van der Waals surface area contributed by atoms with E-state index in [-0.39, 0.29) is 6.61 Å². The number of benzene rings is 4. The summed E-state index contributed by atoms with van der Waals surface area (Å²) in [6.07, 6.45) is 0. The SMILES string of the molecule is Cc1ccc2nc(-c3ccc(NC(=O)COC(=O)C4c5ccccc5Oc5ccccc54)cc3)sc2c1. The number of rotatable bonds is 5. The van der Waals surface area contributed by atoms with Crippen molar-refractivity contribution < 1.29 is 19.1 Å². The number of carbonyl (C=O) groups excluding carboxylic acids is 2. The molecule has 1 aromatic heterocycles. The van der Waals surface area contributed by atoms with Crippen LogP contribution in [0, 0.1) is 6.92 Å². The van der Waals surface area contributed by atoms with E-state index in [2.05, 4.69) is 24.4 Å². The lowest BCUT2D eigenvalue weighted by molar-refractivity contribution is -0.148. The van der Waals surface area contributed by atoms with Crippen LogP contribution in [0.15, 0.2) is 91.0 Å². The van der Waals surface area contributed by atoms with Gasteiger partial charge >= 0.3 is 5.97 Å². The van der Waals surface area contributed by atoms with E-state index in [9.17, 15) is 9.59 Å². The molecule has 1 N–H and O–H groups in total. The Morgan fingerprint density at radius 2 is 1.59 bits per heavy atom. The standard InChI is InChI=1S/C30H22N2O4S/c1-18-10-15-23-26(16-18)37-29(32-23)19-11-13-20(14-12-19)31-27(33)17-35-30(34)28-21-6-2-4-8-24(21)36-25-9-5-3-7-22(25)28/h2-16,28H,17H2,1H3,(H,31,33). The smallest absolute Gasteiger partial charge is 0.318 e. The predicted molar refractivity (Wildman–Crippen MR) is 144 cm³/mol. The van der Waals surface area contributed by atoms with Crippen molar-refractivity contribution >= 4 is 39.1 Å². The summed E-state index contributed by atoms with van der Waals surface area (Å²) in [6, 6.07) is 28.4. The Morgan fingerprint density at radius 3 is 2.30 bits per heavy atom. The average Bonchev–Trinajstić information content (AvgIpc) is 3.34. The lowest BCUT2D eigenvalue weighted by Crippen LogP contribution is -2.26. The molecule has 2 heterocycles. The summed E-state index contributed by atoms with van der Waals surface area (Å²) in [4.78, 5) is 30.4. The fraction of sp³-hybridized carbons (Fsp3) is 0.100. The van der Waals surface area contributed by atoms with Crippen molar-refractivity contribution in [3.63, 3.8) is 0 Å². The number of hydrogen-bond acceptors (Lipinski definition) is 6. The summed E-state index contributed by atoms with van der Waals surface area (Å²) in [6.45, 7) is 1.68. The molecule has 1 amide bonds. The zero-order chi connectivity index (χ0) is 25.4. The minimum Gasteiger partial charge on any atom is -0.457 e. The fourth-order valence-electron chi connectivity index (χ4n) is 4.43. The van der Waals surface area contributed by atoms with Gasteiger partial charge in [0.25, 0.3) is 5.91 Å². The van der Waals surface area contributed by atoms with Gasteiger partial charge in [-0.15, -0.1) is 11.3 Å². The lowest BCUT2D eigenvalue weighted by atomic mass is 9.88. The summed E-state index contributed by atoms with van der Waals surface area (Å²) in [5.41, 5.74) is 5.19. The van der Waals surface area contributed by atoms with Gasteiger partial charge in [0.15, 0.2) is 6.61 Å². The Bertz CT molecular complexity index is 1600. The molecule has 37 heavy (non-hydrogen) atoms. The van der Waals surface area contributed by atoms with Gasteiger partial charge in [-0.2, -0.15) is 0 Å². The van der Waals surface area contributed by atoms with Gasteiger partial charge in [0.05, 0.1) is 10.2 Å². The van der Waals surface area contributed by atoms with Crippen LogP contribution in [0.3, 0.4) is 0 Å². The molecule has 1 aliphatic rings. The molecule has 4 aromatic carbocycles. The number of aromatic nitrogens is 1. The number of thiazole rings is 1. The van der Waals surface area contributed by atoms with Crippen LogP contribution in [0.5, 0.6) is 11.5 Å². The monoisotopic (exact) mass is 506 g/mol. The van der Waals surface area contributed by atoms with Gasteiger partial charge in [0.1, 0.15) is 22.4 Å². The number of anilines is 1. The molecule has 0 aliphatic carbocycles. The van der Waals surface area contributed by atoms with Crippen LogP contribution >= 0.6 is 11.3 Å². The first-order valence-corrected chi connectivity index (χ1v) is 12.7. The van der Waals surface area contributed by atoms with Gasteiger partial charge in [0, 0.05) is 22.4 Å². The predicted octanol–water partition coefficient (Wildman–Crippen LogP) is 6.69. The molecule has 6 nitrogen and oxygen atoms in total. The summed E-state index contributed by atoms with van der Waals surface area (Å²) in [7, 11) is 0. The number of amides is 1. The quantitative estimate of drug-likeness (QED) is 0.269. The van der Waals surface area contributed by atoms with Crippen LogP contribution in [0.25, 0.3) is 20.8 Å². The molecule has 7 heteroatoms. The molecule has 0 saturated carbocycles. The average molecular weight is 507 g/mol. The van der Waals surface area contributed by atoms with E-state index in [1.54, 1.807) is 11.3 Å². The third-order valence-corrected chi connectivity index (χ3v) is 7.29. The highest BCUT2D eigenvalue weighted by atomic mass is 32.1. The number of ether oxygens (including phenoxy) is 2. The van der Waals surface area contributed by atoms with Gasteiger partial charge in [-0.05, 0) is 61.0 Å². The highest BCUT2D eigenvalue weighted by molar-refractivity contribution is 7.21. The number of aryl methyl sites for hydroxylation is 1. The molecule has 0 radical (unpaired) electrons. The van der Waals surface area contributed by atoms with Crippen LogP contribution in [0.4, 0.5) is 5.69 Å². The normalized spacial score (nSPS) is 12.4.